The third-order valence-electron chi connectivity index (χ3n) is 4.00. The molecule has 1 aliphatic heterocycles. The molecule has 0 saturated carbocycles. The first kappa shape index (κ1) is 15.0. The van der Waals surface area contributed by atoms with E-state index >= 15 is 0 Å². The highest BCUT2D eigenvalue weighted by Gasteiger charge is 2.21. The van der Waals surface area contributed by atoms with Crippen LogP contribution in [-0.4, -0.2) is 41.4 Å². The Hall–Kier alpha value is -1.41. The summed E-state index contributed by atoms with van der Waals surface area (Å²) in [5.41, 5.74) is 1.47. The van der Waals surface area contributed by atoms with Crippen molar-refractivity contribution >= 4 is 0 Å². The molecule has 1 fully saturated rings. The number of hydrogen-bond donors (Lipinski definition) is 2. The standard InChI is InChI=1S/C16H22N2O2/c17-10-13-3-5-15(6-4-13)16(20)12-18-8-1-2-14(11-18)7-9-19/h3-6,14,16,19-20H,1-2,7-9,11-12H2. The fraction of sp³-hybridized carbons (Fsp3) is 0.562. The van der Waals surface area contributed by atoms with Gasteiger partial charge in [0.15, 0.2) is 0 Å². The molecule has 0 amide bonds. The maximum Gasteiger partial charge on any atom is 0.0991 e. The van der Waals surface area contributed by atoms with Gasteiger partial charge in [0.05, 0.1) is 17.7 Å². The van der Waals surface area contributed by atoms with E-state index in [0.29, 0.717) is 18.0 Å². The second-order valence-electron chi connectivity index (χ2n) is 5.53. The van der Waals surface area contributed by atoms with Gasteiger partial charge < -0.3 is 15.1 Å². The molecule has 1 heterocycles. The second-order valence-corrected chi connectivity index (χ2v) is 5.53. The van der Waals surface area contributed by atoms with Crippen LogP contribution in [0.3, 0.4) is 0 Å². The number of rotatable bonds is 5. The van der Waals surface area contributed by atoms with Gasteiger partial charge in [0.25, 0.3) is 0 Å². The van der Waals surface area contributed by atoms with Crippen molar-refractivity contribution in [3.8, 4) is 6.07 Å². The van der Waals surface area contributed by atoms with Crippen LogP contribution < -0.4 is 0 Å². The van der Waals surface area contributed by atoms with Crippen molar-refractivity contribution in [3.63, 3.8) is 0 Å². The Morgan fingerprint density at radius 1 is 1.35 bits per heavy atom. The lowest BCUT2D eigenvalue weighted by atomic mass is 9.94. The molecule has 1 aromatic carbocycles. The Morgan fingerprint density at radius 2 is 2.10 bits per heavy atom. The van der Waals surface area contributed by atoms with Gasteiger partial charge in [-0.25, -0.2) is 0 Å². The maximum atomic E-state index is 10.3. The summed E-state index contributed by atoms with van der Waals surface area (Å²) in [7, 11) is 0. The average molecular weight is 274 g/mol. The minimum absolute atomic E-state index is 0.247. The topological polar surface area (TPSA) is 67.5 Å². The van der Waals surface area contributed by atoms with Crippen LogP contribution in [-0.2, 0) is 0 Å². The van der Waals surface area contributed by atoms with Gasteiger partial charge in [-0.1, -0.05) is 12.1 Å². The quantitative estimate of drug-likeness (QED) is 0.857. The van der Waals surface area contributed by atoms with E-state index < -0.39 is 6.10 Å². The van der Waals surface area contributed by atoms with Crippen LogP contribution in [0.2, 0.25) is 0 Å². The van der Waals surface area contributed by atoms with Gasteiger partial charge in [-0.05, 0) is 49.4 Å². The summed E-state index contributed by atoms with van der Waals surface area (Å²) in [6, 6.07) is 9.19. The van der Waals surface area contributed by atoms with Gasteiger partial charge >= 0.3 is 0 Å². The zero-order chi connectivity index (χ0) is 14.4. The van der Waals surface area contributed by atoms with E-state index in [-0.39, 0.29) is 6.61 Å². The molecule has 2 rings (SSSR count). The fourth-order valence-corrected chi connectivity index (χ4v) is 2.87. The SMILES string of the molecule is N#Cc1ccc(C(O)CN2CCCC(CCO)C2)cc1. The van der Waals surface area contributed by atoms with E-state index in [0.717, 1.165) is 31.5 Å². The molecule has 0 spiro atoms. The Balaban J connectivity index is 1.89. The van der Waals surface area contributed by atoms with Crippen LogP contribution >= 0.6 is 0 Å². The van der Waals surface area contributed by atoms with Crippen LogP contribution in [0.1, 0.15) is 36.5 Å². The summed E-state index contributed by atoms with van der Waals surface area (Å²) in [4.78, 5) is 2.27. The number of aliphatic hydroxyl groups is 2. The number of aliphatic hydroxyl groups excluding tert-OH is 2. The van der Waals surface area contributed by atoms with Crippen LogP contribution in [0.15, 0.2) is 24.3 Å². The molecule has 20 heavy (non-hydrogen) atoms. The van der Waals surface area contributed by atoms with E-state index in [1.165, 1.54) is 6.42 Å². The predicted octanol–water partition coefficient (Wildman–Crippen LogP) is 1.69. The van der Waals surface area contributed by atoms with Gasteiger partial charge in [-0.15, -0.1) is 0 Å². The Kier molecular flexibility index (Phi) is 5.54. The summed E-state index contributed by atoms with van der Waals surface area (Å²) in [5.74, 6) is 0.543. The molecule has 0 aromatic heterocycles. The molecular formula is C16H22N2O2. The van der Waals surface area contributed by atoms with Crippen molar-refractivity contribution in [1.82, 2.24) is 4.90 Å². The first-order chi connectivity index (χ1) is 9.72. The number of piperidine rings is 1. The number of nitriles is 1. The van der Waals surface area contributed by atoms with Crippen LogP contribution in [0.4, 0.5) is 0 Å². The second kappa shape index (κ2) is 7.39. The summed E-state index contributed by atoms with van der Waals surface area (Å²) >= 11 is 0. The molecular weight excluding hydrogens is 252 g/mol. The van der Waals surface area contributed by atoms with Crippen molar-refractivity contribution in [3.05, 3.63) is 35.4 Å². The van der Waals surface area contributed by atoms with Gasteiger partial charge in [0, 0.05) is 19.7 Å². The molecule has 2 N–H and O–H groups in total. The molecule has 1 aliphatic rings. The summed E-state index contributed by atoms with van der Waals surface area (Å²) in [6.45, 7) is 2.83. The molecule has 4 heteroatoms. The number of nitrogens with zero attached hydrogens (tertiary/aromatic N) is 2. The molecule has 108 valence electrons. The maximum absolute atomic E-state index is 10.3. The molecule has 2 unspecified atom stereocenters. The summed E-state index contributed by atoms with van der Waals surface area (Å²) < 4.78 is 0. The Labute approximate surface area is 120 Å². The molecule has 0 bridgehead atoms. The largest absolute Gasteiger partial charge is 0.396 e. The fourth-order valence-electron chi connectivity index (χ4n) is 2.87. The Morgan fingerprint density at radius 3 is 2.75 bits per heavy atom. The predicted molar refractivity (Wildman–Crippen MR) is 77.0 cm³/mol. The van der Waals surface area contributed by atoms with Crippen molar-refractivity contribution in [2.24, 2.45) is 5.92 Å². The highest BCUT2D eigenvalue weighted by molar-refractivity contribution is 5.32. The van der Waals surface area contributed by atoms with E-state index in [4.69, 9.17) is 10.4 Å². The van der Waals surface area contributed by atoms with Gasteiger partial charge in [-0.3, -0.25) is 0 Å². The number of β-amino-alcohol motifs (C(OH)–C–C–N with tert-alkyl or cyclic N) is 1. The number of likely N-dealkylation sites (tertiary alicyclic amines) is 1. The van der Waals surface area contributed by atoms with Crippen LogP contribution in [0, 0.1) is 17.2 Å². The van der Waals surface area contributed by atoms with Gasteiger partial charge in [0.2, 0.25) is 0 Å². The molecule has 0 radical (unpaired) electrons. The zero-order valence-corrected chi connectivity index (χ0v) is 11.7. The third-order valence-corrected chi connectivity index (χ3v) is 4.00. The number of benzene rings is 1. The average Bonchev–Trinajstić information content (AvgIpc) is 2.48. The minimum atomic E-state index is -0.518. The lowest BCUT2D eigenvalue weighted by Gasteiger charge is -2.33. The highest BCUT2D eigenvalue weighted by Crippen LogP contribution is 2.22. The van der Waals surface area contributed by atoms with Crippen LogP contribution in [0.25, 0.3) is 0 Å². The van der Waals surface area contributed by atoms with E-state index in [2.05, 4.69) is 11.0 Å². The molecule has 0 aliphatic carbocycles. The summed E-state index contributed by atoms with van der Waals surface area (Å²) in [6.07, 6.45) is 2.63. The van der Waals surface area contributed by atoms with Crippen LogP contribution in [0.5, 0.6) is 0 Å². The van der Waals surface area contributed by atoms with E-state index in [9.17, 15) is 5.11 Å². The number of hydrogen-bond acceptors (Lipinski definition) is 4. The first-order valence-corrected chi connectivity index (χ1v) is 7.24. The minimum Gasteiger partial charge on any atom is -0.396 e. The first-order valence-electron chi connectivity index (χ1n) is 7.24. The molecule has 4 nitrogen and oxygen atoms in total. The van der Waals surface area contributed by atoms with Crippen molar-refractivity contribution in [2.75, 3.05) is 26.2 Å². The monoisotopic (exact) mass is 274 g/mol. The van der Waals surface area contributed by atoms with E-state index in [1.807, 2.05) is 12.1 Å². The lowest BCUT2D eigenvalue weighted by Crippen LogP contribution is -2.38. The third kappa shape index (κ3) is 4.04. The van der Waals surface area contributed by atoms with Gasteiger partial charge in [-0.2, -0.15) is 5.26 Å². The Bertz CT molecular complexity index is 451. The van der Waals surface area contributed by atoms with Crippen molar-refractivity contribution in [2.45, 2.75) is 25.4 Å². The molecule has 1 aromatic rings. The molecule has 2 atom stereocenters. The normalized spacial score (nSPS) is 21.4. The van der Waals surface area contributed by atoms with E-state index in [1.54, 1.807) is 12.1 Å². The summed E-state index contributed by atoms with van der Waals surface area (Å²) in [5, 5.41) is 28.1. The van der Waals surface area contributed by atoms with Crippen molar-refractivity contribution in [1.29, 1.82) is 5.26 Å². The highest BCUT2D eigenvalue weighted by atomic mass is 16.3. The van der Waals surface area contributed by atoms with Gasteiger partial charge in [0.1, 0.15) is 0 Å². The lowest BCUT2D eigenvalue weighted by molar-refractivity contribution is 0.0781. The van der Waals surface area contributed by atoms with Crippen molar-refractivity contribution < 1.29 is 10.2 Å². The molecule has 1 saturated heterocycles. The smallest absolute Gasteiger partial charge is 0.0991 e. The zero-order valence-electron chi connectivity index (χ0n) is 11.7.